The molecule has 1 aliphatic heterocycles. The molecule has 0 bridgehead atoms. The zero-order valence-electron chi connectivity index (χ0n) is 13.1. The minimum Gasteiger partial charge on any atom is -0.368 e. The Hall–Kier alpha value is -2.21. The minimum atomic E-state index is -0.402. The summed E-state index contributed by atoms with van der Waals surface area (Å²) in [5, 5.41) is 7.18. The molecule has 1 saturated heterocycles. The Bertz CT molecular complexity index is 693. The number of nitrogens with one attached hydrogen (secondary N) is 1. The number of rotatable bonds is 4. The van der Waals surface area contributed by atoms with Crippen LogP contribution in [0.1, 0.15) is 30.4 Å². The molecule has 1 amide bonds. The van der Waals surface area contributed by atoms with Gasteiger partial charge in [0.05, 0.1) is 12.7 Å². The Morgan fingerprint density at radius 2 is 2.35 bits per heavy atom. The van der Waals surface area contributed by atoms with E-state index in [1.165, 1.54) is 12.1 Å². The van der Waals surface area contributed by atoms with Crippen LogP contribution in [0.5, 0.6) is 0 Å². The molecule has 3 rings (SSSR count). The lowest BCUT2D eigenvalue weighted by molar-refractivity contribution is -0.130. The maximum Gasteiger partial charge on any atom is 0.254 e. The van der Waals surface area contributed by atoms with Gasteiger partial charge in [-0.1, -0.05) is 12.1 Å². The first-order chi connectivity index (χ1) is 11.1. The van der Waals surface area contributed by atoms with Crippen LogP contribution in [0.2, 0.25) is 0 Å². The van der Waals surface area contributed by atoms with Crippen molar-refractivity contribution in [3.05, 3.63) is 47.4 Å². The fraction of sp³-hybridized carbons (Fsp3) is 0.412. The van der Waals surface area contributed by atoms with E-state index < -0.39 is 6.10 Å². The number of amides is 1. The van der Waals surface area contributed by atoms with E-state index in [2.05, 4.69) is 10.4 Å². The van der Waals surface area contributed by atoms with Gasteiger partial charge in [-0.2, -0.15) is 5.10 Å². The number of carbonyl (C=O) groups excluding carboxylic acids is 1. The summed E-state index contributed by atoms with van der Waals surface area (Å²) >= 11 is 0. The van der Waals surface area contributed by atoms with Gasteiger partial charge < -0.3 is 10.1 Å². The molecule has 0 saturated carbocycles. The Balaban J connectivity index is 1.74. The van der Waals surface area contributed by atoms with Crippen molar-refractivity contribution in [2.45, 2.75) is 38.8 Å². The Morgan fingerprint density at radius 3 is 3.09 bits per heavy atom. The molecule has 1 fully saturated rings. The fourth-order valence-corrected chi connectivity index (χ4v) is 2.71. The summed E-state index contributed by atoms with van der Waals surface area (Å²) in [7, 11) is 0. The Kier molecular flexibility index (Phi) is 4.71. The van der Waals surface area contributed by atoms with E-state index in [4.69, 9.17) is 4.74 Å². The standard InChI is InChI=1S/C17H20FN3O2/c1-12-10-19-21(11-13-5-4-6-14(18)9-13)16(12)20-17(22)15-7-2-3-8-23-15/h4-6,9-10,15H,2-3,7-8,11H2,1H3,(H,20,22). The van der Waals surface area contributed by atoms with Gasteiger partial charge in [0.2, 0.25) is 0 Å². The van der Waals surface area contributed by atoms with E-state index in [0.717, 1.165) is 30.4 Å². The molecule has 1 atom stereocenters. The van der Waals surface area contributed by atoms with Crippen molar-refractivity contribution in [2.75, 3.05) is 11.9 Å². The quantitative estimate of drug-likeness (QED) is 0.943. The lowest BCUT2D eigenvalue weighted by Gasteiger charge is -2.22. The van der Waals surface area contributed by atoms with Crippen LogP contribution in [0.25, 0.3) is 0 Å². The maximum absolute atomic E-state index is 13.3. The highest BCUT2D eigenvalue weighted by molar-refractivity contribution is 5.94. The molecular formula is C17H20FN3O2. The predicted octanol–water partition coefficient (Wildman–Crippen LogP) is 2.89. The minimum absolute atomic E-state index is 0.145. The van der Waals surface area contributed by atoms with Gasteiger partial charge in [-0.3, -0.25) is 4.79 Å². The van der Waals surface area contributed by atoms with Crippen molar-refractivity contribution < 1.29 is 13.9 Å². The van der Waals surface area contributed by atoms with Crippen LogP contribution in [-0.2, 0) is 16.1 Å². The predicted molar refractivity (Wildman–Crippen MR) is 84.7 cm³/mol. The second kappa shape index (κ2) is 6.91. The van der Waals surface area contributed by atoms with Crippen LogP contribution in [0.3, 0.4) is 0 Å². The summed E-state index contributed by atoms with van der Waals surface area (Å²) in [5.41, 5.74) is 1.66. The number of nitrogens with zero attached hydrogens (tertiary/aromatic N) is 2. The second-order valence-corrected chi connectivity index (χ2v) is 5.81. The summed E-state index contributed by atoms with van der Waals surface area (Å²) in [6.07, 6.45) is 4.03. The highest BCUT2D eigenvalue weighted by Crippen LogP contribution is 2.19. The van der Waals surface area contributed by atoms with Crippen LogP contribution < -0.4 is 5.32 Å². The number of halogens is 1. The van der Waals surface area contributed by atoms with E-state index in [1.54, 1.807) is 16.9 Å². The van der Waals surface area contributed by atoms with Crippen molar-refractivity contribution >= 4 is 11.7 Å². The van der Waals surface area contributed by atoms with Crippen molar-refractivity contribution in [1.29, 1.82) is 0 Å². The van der Waals surface area contributed by atoms with Gasteiger partial charge in [0, 0.05) is 12.2 Å². The lowest BCUT2D eigenvalue weighted by Crippen LogP contribution is -2.34. The number of hydrogen-bond donors (Lipinski definition) is 1. The molecule has 1 N–H and O–H groups in total. The first-order valence-corrected chi connectivity index (χ1v) is 7.83. The van der Waals surface area contributed by atoms with Crippen molar-refractivity contribution in [2.24, 2.45) is 0 Å². The van der Waals surface area contributed by atoms with E-state index >= 15 is 0 Å². The molecule has 122 valence electrons. The molecule has 0 aliphatic carbocycles. The van der Waals surface area contributed by atoms with Crippen LogP contribution in [0, 0.1) is 12.7 Å². The van der Waals surface area contributed by atoms with Crippen molar-refractivity contribution in [1.82, 2.24) is 9.78 Å². The zero-order chi connectivity index (χ0) is 16.2. The van der Waals surface area contributed by atoms with Crippen LogP contribution in [0.15, 0.2) is 30.5 Å². The van der Waals surface area contributed by atoms with Crippen LogP contribution in [0.4, 0.5) is 10.2 Å². The molecule has 1 aromatic carbocycles. The highest BCUT2D eigenvalue weighted by atomic mass is 19.1. The van der Waals surface area contributed by atoms with Gasteiger partial charge in [-0.15, -0.1) is 0 Å². The topological polar surface area (TPSA) is 56.2 Å². The van der Waals surface area contributed by atoms with Gasteiger partial charge >= 0.3 is 0 Å². The summed E-state index contributed by atoms with van der Waals surface area (Å²) in [4.78, 5) is 12.3. The normalized spacial score (nSPS) is 17.9. The van der Waals surface area contributed by atoms with E-state index in [0.29, 0.717) is 19.0 Å². The molecule has 2 heterocycles. The molecule has 1 aromatic heterocycles. The zero-order valence-corrected chi connectivity index (χ0v) is 13.1. The fourth-order valence-electron chi connectivity index (χ4n) is 2.71. The molecular weight excluding hydrogens is 297 g/mol. The van der Waals surface area contributed by atoms with Gasteiger partial charge in [0.1, 0.15) is 17.7 Å². The number of hydrogen-bond acceptors (Lipinski definition) is 3. The first-order valence-electron chi connectivity index (χ1n) is 7.83. The third kappa shape index (κ3) is 3.76. The maximum atomic E-state index is 13.3. The highest BCUT2D eigenvalue weighted by Gasteiger charge is 2.23. The summed E-state index contributed by atoms with van der Waals surface area (Å²) < 4.78 is 20.5. The number of aromatic nitrogens is 2. The molecule has 1 unspecified atom stereocenters. The molecule has 2 aromatic rings. The molecule has 6 heteroatoms. The monoisotopic (exact) mass is 317 g/mol. The Labute approximate surface area is 134 Å². The van der Waals surface area contributed by atoms with Crippen LogP contribution in [-0.4, -0.2) is 28.4 Å². The third-order valence-corrected chi connectivity index (χ3v) is 3.96. The summed E-state index contributed by atoms with van der Waals surface area (Å²) in [5.74, 6) is 0.204. The number of benzene rings is 1. The van der Waals surface area contributed by atoms with Gasteiger partial charge in [-0.25, -0.2) is 9.07 Å². The molecule has 23 heavy (non-hydrogen) atoms. The van der Waals surface area contributed by atoms with Gasteiger partial charge in [0.25, 0.3) is 5.91 Å². The molecule has 1 aliphatic rings. The van der Waals surface area contributed by atoms with E-state index in [-0.39, 0.29) is 11.7 Å². The van der Waals surface area contributed by atoms with E-state index in [9.17, 15) is 9.18 Å². The molecule has 0 radical (unpaired) electrons. The number of carbonyl (C=O) groups is 1. The first kappa shape index (κ1) is 15.7. The van der Waals surface area contributed by atoms with Crippen molar-refractivity contribution in [3.8, 4) is 0 Å². The molecule has 0 spiro atoms. The number of ether oxygens (including phenoxy) is 1. The number of aryl methyl sites for hydroxylation is 1. The van der Waals surface area contributed by atoms with Crippen molar-refractivity contribution in [3.63, 3.8) is 0 Å². The largest absolute Gasteiger partial charge is 0.368 e. The van der Waals surface area contributed by atoms with Gasteiger partial charge in [-0.05, 0) is 43.9 Å². The van der Waals surface area contributed by atoms with Crippen LogP contribution >= 0.6 is 0 Å². The summed E-state index contributed by atoms with van der Waals surface area (Å²) in [6, 6.07) is 6.36. The molecule has 5 nitrogen and oxygen atoms in total. The third-order valence-electron chi connectivity index (χ3n) is 3.96. The second-order valence-electron chi connectivity index (χ2n) is 5.81. The smallest absolute Gasteiger partial charge is 0.254 e. The Morgan fingerprint density at radius 1 is 1.48 bits per heavy atom. The summed E-state index contributed by atoms with van der Waals surface area (Å²) in [6.45, 7) is 2.90. The van der Waals surface area contributed by atoms with Gasteiger partial charge in [0.15, 0.2) is 0 Å². The average molecular weight is 317 g/mol. The lowest BCUT2D eigenvalue weighted by atomic mass is 10.1. The van der Waals surface area contributed by atoms with E-state index in [1.807, 2.05) is 13.0 Å². The average Bonchev–Trinajstić information content (AvgIpc) is 2.89. The number of anilines is 1. The SMILES string of the molecule is Cc1cnn(Cc2cccc(F)c2)c1NC(=O)C1CCCCO1.